The minimum atomic E-state index is -0.213. The molecule has 0 heterocycles. The molecule has 2 rings (SSSR count). The molecule has 0 bridgehead atoms. The largest absolute Gasteiger partial charge is 0.493 e. The first kappa shape index (κ1) is 18.3. The van der Waals surface area contributed by atoms with E-state index in [-0.39, 0.29) is 18.1 Å². The summed E-state index contributed by atoms with van der Waals surface area (Å²) in [6.45, 7) is 2.69. The number of rotatable bonds is 7. The van der Waals surface area contributed by atoms with E-state index in [1.165, 1.54) is 6.08 Å². The van der Waals surface area contributed by atoms with Gasteiger partial charge in [-0.3, -0.25) is 4.79 Å². The molecule has 1 aromatic carbocycles. The van der Waals surface area contributed by atoms with Crippen LogP contribution in [0.15, 0.2) is 24.3 Å². The Kier molecular flexibility index (Phi) is 7.12. The summed E-state index contributed by atoms with van der Waals surface area (Å²) in [5.74, 6) is 1.26. The third kappa shape index (κ3) is 5.57. The van der Waals surface area contributed by atoms with E-state index in [0.717, 1.165) is 37.7 Å². The van der Waals surface area contributed by atoms with Gasteiger partial charge < -0.3 is 19.9 Å². The van der Waals surface area contributed by atoms with Gasteiger partial charge in [-0.1, -0.05) is 13.0 Å². The number of methoxy groups -OCH3 is 1. The molecule has 0 saturated heterocycles. The van der Waals surface area contributed by atoms with Crippen LogP contribution in [0.25, 0.3) is 6.08 Å². The van der Waals surface area contributed by atoms with Crippen LogP contribution in [0.3, 0.4) is 0 Å². The van der Waals surface area contributed by atoms with Crippen LogP contribution in [0.5, 0.6) is 11.5 Å². The lowest BCUT2D eigenvalue weighted by molar-refractivity contribution is -0.117. The zero-order valence-corrected chi connectivity index (χ0v) is 14.5. The van der Waals surface area contributed by atoms with Crippen molar-refractivity contribution in [1.82, 2.24) is 5.32 Å². The Morgan fingerprint density at radius 1 is 1.29 bits per heavy atom. The fourth-order valence-electron chi connectivity index (χ4n) is 2.76. The second kappa shape index (κ2) is 9.33. The van der Waals surface area contributed by atoms with Gasteiger partial charge in [-0.15, -0.1) is 0 Å². The second-order valence-corrected chi connectivity index (χ2v) is 6.11. The maximum absolute atomic E-state index is 12.0. The SMILES string of the molecule is CCCOc1ccc(/C=C/C(=O)NC2CCC(O)CC2)cc1OC. The van der Waals surface area contributed by atoms with Gasteiger partial charge in [0.2, 0.25) is 5.91 Å². The average molecular weight is 333 g/mol. The minimum Gasteiger partial charge on any atom is -0.493 e. The van der Waals surface area contributed by atoms with Crippen LogP contribution in [0.4, 0.5) is 0 Å². The normalized spacial score (nSPS) is 20.8. The first-order valence-corrected chi connectivity index (χ1v) is 8.59. The molecule has 24 heavy (non-hydrogen) atoms. The molecule has 1 fully saturated rings. The van der Waals surface area contributed by atoms with E-state index in [0.29, 0.717) is 18.1 Å². The Balaban J connectivity index is 1.91. The van der Waals surface area contributed by atoms with Crippen LogP contribution in [0.2, 0.25) is 0 Å². The summed E-state index contributed by atoms with van der Waals surface area (Å²) in [5, 5.41) is 12.5. The van der Waals surface area contributed by atoms with Crippen LogP contribution in [0, 0.1) is 0 Å². The number of nitrogens with one attached hydrogen (secondary N) is 1. The van der Waals surface area contributed by atoms with Crippen molar-refractivity contribution in [3.05, 3.63) is 29.8 Å². The topological polar surface area (TPSA) is 67.8 Å². The smallest absolute Gasteiger partial charge is 0.244 e. The van der Waals surface area contributed by atoms with Crippen molar-refractivity contribution in [2.24, 2.45) is 0 Å². The number of hydrogen-bond acceptors (Lipinski definition) is 4. The first-order valence-electron chi connectivity index (χ1n) is 8.59. The molecule has 1 aliphatic carbocycles. The number of aliphatic hydroxyl groups excluding tert-OH is 1. The van der Waals surface area contributed by atoms with E-state index in [1.807, 2.05) is 18.2 Å². The van der Waals surface area contributed by atoms with Crippen LogP contribution in [0.1, 0.15) is 44.6 Å². The predicted octanol–water partition coefficient (Wildman–Crippen LogP) is 2.92. The summed E-state index contributed by atoms with van der Waals surface area (Å²) in [7, 11) is 1.60. The Labute approximate surface area is 143 Å². The lowest BCUT2D eigenvalue weighted by Gasteiger charge is -2.25. The number of benzene rings is 1. The highest BCUT2D eigenvalue weighted by atomic mass is 16.5. The average Bonchev–Trinajstić information content (AvgIpc) is 2.60. The molecule has 1 aliphatic rings. The quantitative estimate of drug-likeness (QED) is 0.753. The standard InChI is InChI=1S/C19H27NO4/c1-3-12-24-17-10-4-14(13-18(17)23-2)5-11-19(22)20-15-6-8-16(21)9-7-15/h4-5,10-11,13,15-16,21H,3,6-9,12H2,1-2H3,(H,20,22)/b11-5+. The second-order valence-electron chi connectivity index (χ2n) is 6.11. The maximum Gasteiger partial charge on any atom is 0.244 e. The summed E-state index contributed by atoms with van der Waals surface area (Å²) >= 11 is 0. The molecule has 5 nitrogen and oxygen atoms in total. The molecule has 5 heteroatoms. The first-order chi connectivity index (χ1) is 11.6. The molecule has 1 saturated carbocycles. The maximum atomic E-state index is 12.0. The summed E-state index contributed by atoms with van der Waals surface area (Å²) in [4.78, 5) is 12.0. The molecule has 1 amide bonds. The van der Waals surface area contributed by atoms with Gasteiger partial charge in [0.15, 0.2) is 11.5 Å². The summed E-state index contributed by atoms with van der Waals surface area (Å²) < 4.78 is 11.0. The summed E-state index contributed by atoms with van der Waals surface area (Å²) in [5.41, 5.74) is 0.880. The highest BCUT2D eigenvalue weighted by Gasteiger charge is 2.19. The van der Waals surface area contributed by atoms with Gasteiger partial charge in [-0.05, 0) is 55.9 Å². The van der Waals surface area contributed by atoms with E-state index in [1.54, 1.807) is 13.2 Å². The Morgan fingerprint density at radius 2 is 2.04 bits per heavy atom. The van der Waals surface area contributed by atoms with Crippen LogP contribution in [-0.2, 0) is 4.79 Å². The molecule has 132 valence electrons. The van der Waals surface area contributed by atoms with Gasteiger partial charge >= 0.3 is 0 Å². The van der Waals surface area contributed by atoms with E-state index in [9.17, 15) is 9.90 Å². The predicted molar refractivity (Wildman–Crippen MR) is 94.2 cm³/mol. The highest BCUT2D eigenvalue weighted by molar-refractivity contribution is 5.92. The van der Waals surface area contributed by atoms with E-state index in [2.05, 4.69) is 12.2 Å². The zero-order chi connectivity index (χ0) is 17.4. The van der Waals surface area contributed by atoms with Crippen molar-refractivity contribution in [1.29, 1.82) is 0 Å². The van der Waals surface area contributed by atoms with Crippen molar-refractivity contribution in [2.75, 3.05) is 13.7 Å². The Hall–Kier alpha value is -2.01. The molecule has 0 aliphatic heterocycles. The van der Waals surface area contributed by atoms with Gasteiger partial charge in [0.05, 0.1) is 19.8 Å². The van der Waals surface area contributed by atoms with Crippen molar-refractivity contribution in [2.45, 2.75) is 51.2 Å². The lowest BCUT2D eigenvalue weighted by Crippen LogP contribution is -2.37. The van der Waals surface area contributed by atoms with Crippen molar-refractivity contribution >= 4 is 12.0 Å². The molecule has 1 aromatic rings. The molecule has 0 atom stereocenters. The van der Waals surface area contributed by atoms with Crippen LogP contribution >= 0.6 is 0 Å². The van der Waals surface area contributed by atoms with E-state index in [4.69, 9.17) is 9.47 Å². The molecule has 0 spiro atoms. The monoisotopic (exact) mass is 333 g/mol. The van der Waals surface area contributed by atoms with Crippen molar-refractivity contribution < 1.29 is 19.4 Å². The van der Waals surface area contributed by atoms with Crippen molar-refractivity contribution in [3.63, 3.8) is 0 Å². The number of ether oxygens (including phenoxy) is 2. The number of hydrogen-bond donors (Lipinski definition) is 2. The summed E-state index contributed by atoms with van der Waals surface area (Å²) in [6.07, 6.45) is 7.19. The van der Waals surface area contributed by atoms with Gasteiger partial charge in [0.1, 0.15) is 0 Å². The molecule has 0 unspecified atom stereocenters. The van der Waals surface area contributed by atoms with E-state index >= 15 is 0 Å². The van der Waals surface area contributed by atoms with Gasteiger partial charge in [-0.2, -0.15) is 0 Å². The minimum absolute atomic E-state index is 0.110. The fourth-order valence-corrected chi connectivity index (χ4v) is 2.76. The van der Waals surface area contributed by atoms with Crippen molar-refractivity contribution in [3.8, 4) is 11.5 Å². The number of carbonyl (C=O) groups is 1. The van der Waals surface area contributed by atoms with Gasteiger partial charge in [0.25, 0.3) is 0 Å². The van der Waals surface area contributed by atoms with E-state index < -0.39 is 0 Å². The van der Waals surface area contributed by atoms with Gasteiger partial charge in [-0.25, -0.2) is 0 Å². The Bertz CT molecular complexity index is 562. The number of amides is 1. The highest BCUT2D eigenvalue weighted by Crippen LogP contribution is 2.28. The third-order valence-corrected chi connectivity index (χ3v) is 4.12. The molecule has 0 radical (unpaired) electrons. The lowest BCUT2D eigenvalue weighted by atomic mass is 9.93. The summed E-state index contributed by atoms with van der Waals surface area (Å²) in [6, 6.07) is 5.76. The zero-order valence-electron chi connectivity index (χ0n) is 14.5. The molecule has 2 N–H and O–H groups in total. The van der Waals surface area contributed by atoms with Crippen LogP contribution < -0.4 is 14.8 Å². The van der Waals surface area contributed by atoms with Crippen LogP contribution in [-0.4, -0.2) is 36.9 Å². The fraction of sp³-hybridized carbons (Fsp3) is 0.526. The molecule has 0 aromatic heterocycles. The third-order valence-electron chi connectivity index (χ3n) is 4.12. The Morgan fingerprint density at radius 3 is 2.71 bits per heavy atom. The molecular weight excluding hydrogens is 306 g/mol. The molecular formula is C19H27NO4. The number of carbonyl (C=O) groups excluding carboxylic acids is 1. The number of aliphatic hydroxyl groups is 1. The van der Waals surface area contributed by atoms with Gasteiger partial charge in [0, 0.05) is 12.1 Å².